The first-order valence-corrected chi connectivity index (χ1v) is 6.35. The zero-order valence-corrected chi connectivity index (χ0v) is 12.2. The number of carbonyl (C=O) groups is 2. The zero-order chi connectivity index (χ0) is 14.6. The van der Waals surface area contributed by atoms with Crippen molar-refractivity contribution in [3.63, 3.8) is 0 Å². The minimum Gasteiger partial charge on any atom is -0.461 e. The molecule has 5 nitrogen and oxygen atoms in total. The zero-order valence-electron chi connectivity index (χ0n) is 12.2. The van der Waals surface area contributed by atoms with Gasteiger partial charge in [-0.15, -0.1) is 0 Å². The maximum atomic E-state index is 11.6. The van der Waals surface area contributed by atoms with Crippen molar-refractivity contribution in [2.24, 2.45) is 5.41 Å². The molecule has 5 heteroatoms. The van der Waals surface area contributed by atoms with Gasteiger partial charge in [0.15, 0.2) is 6.10 Å². The molecule has 0 unspecified atom stereocenters. The maximum absolute atomic E-state index is 11.6. The monoisotopic (exact) mass is 270 g/mol. The van der Waals surface area contributed by atoms with E-state index >= 15 is 0 Å². The van der Waals surface area contributed by atoms with E-state index in [1.807, 2.05) is 34.6 Å². The molecule has 0 saturated carbocycles. The van der Waals surface area contributed by atoms with Crippen LogP contribution in [0, 0.1) is 5.41 Å². The molecule has 0 aromatic heterocycles. The van der Waals surface area contributed by atoms with Gasteiger partial charge in [-0.25, -0.2) is 4.79 Å². The summed E-state index contributed by atoms with van der Waals surface area (Å²) in [7, 11) is 0. The molecule has 1 saturated heterocycles. The molecule has 0 spiro atoms. The summed E-state index contributed by atoms with van der Waals surface area (Å²) < 4.78 is 15.5. The Hall–Kier alpha value is -1.36. The van der Waals surface area contributed by atoms with E-state index < -0.39 is 24.3 Å². The predicted octanol–water partition coefficient (Wildman–Crippen LogP) is 2.20. The van der Waals surface area contributed by atoms with Gasteiger partial charge in [0.25, 0.3) is 0 Å². The normalized spacial score (nSPS) is 22.9. The molecule has 0 amide bonds. The summed E-state index contributed by atoms with van der Waals surface area (Å²) in [6, 6.07) is 0. The van der Waals surface area contributed by atoms with Crippen LogP contribution in [-0.4, -0.2) is 30.9 Å². The number of rotatable bonds is 4. The largest absolute Gasteiger partial charge is 0.461 e. The minimum atomic E-state index is -0.858. The number of cyclic esters (lactones) is 1. The van der Waals surface area contributed by atoms with Gasteiger partial charge in [-0.3, -0.25) is 4.79 Å². The second-order valence-corrected chi connectivity index (χ2v) is 5.93. The highest BCUT2D eigenvalue weighted by atomic mass is 16.8. The Morgan fingerprint density at radius 2 is 2.00 bits per heavy atom. The highest BCUT2D eigenvalue weighted by Gasteiger charge is 2.42. The van der Waals surface area contributed by atoms with Crippen molar-refractivity contribution >= 4 is 11.9 Å². The van der Waals surface area contributed by atoms with Crippen molar-refractivity contribution in [3.05, 3.63) is 11.6 Å². The highest BCUT2D eigenvalue weighted by molar-refractivity contribution is 5.82. The van der Waals surface area contributed by atoms with Crippen molar-refractivity contribution in [2.75, 3.05) is 6.61 Å². The second kappa shape index (κ2) is 6.19. The van der Waals surface area contributed by atoms with Crippen molar-refractivity contribution in [1.29, 1.82) is 0 Å². The number of carbonyl (C=O) groups excluding carboxylic acids is 2. The molecule has 1 aliphatic heterocycles. The van der Waals surface area contributed by atoms with Crippen LogP contribution in [0.5, 0.6) is 0 Å². The van der Waals surface area contributed by atoms with Crippen molar-refractivity contribution in [1.82, 2.24) is 0 Å². The SMILES string of the molecule is CC(C)=CCOC(=O)C[C@H]1O[C@@H](C(C)(C)C)OC1=O. The number of esters is 2. The number of hydrogen-bond acceptors (Lipinski definition) is 5. The Morgan fingerprint density at radius 3 is 2.47 bits per heavy atom. The van der Waals surface area contributed by atoms with E-state index in [2.05, 4.69) is 0 Å². The van der Waals surface area contributed by atoms with E-state index in [1.165, 1.54) is 0 Å². The van der Waals surface area contributed by atoms with Crippen molar-refractivity contribution in [2.45, 2.75) is 53.4 Å². The van der Waals surface area contributed by atoms with E-state index in [1.54, 1.807) is 6.08 Å². The molecule has 1 heterocycles. The fraction of sp³-hybridized carbons (Fsp3) is 0.714. The number of allylic oxidation sites excluding steroid dienone is 1. The molecule has 0 aliphatic carbocycles. The quantitative estimate of drug-likeness (QED) is 0.579. The van der Waals surface area contributed by atoms with Gasteiger partial charge < -0.3 is 14.2 Å². The maximum Gasteiger partial charge on any atom is 0.338 e. The van der Waals surface area contributed by atoms with E-state index in [4.69, 9.17) is 14.2 Å². The molecule has 0 N–H and O–H groups in total. The minimum absolute atomic E-state index is 0.109. The third-order valence-electron chi connectivity index (χ3n) is 2.57. The molecule has 108 valence electrons. The molecule has 1 fully saturated rings. The van der Waals surface area contributed by atoms with Crippen LogP contribution >= 0.6 is 0 Å². The Kier molecular flexibility index (Phi) is 5.11. The molecule has 0 radical (unpaired) electrons. The summed E-state index contributed by atoms with van der Waals surface area (Å²) in [5, 5.41) is 0. The van der Waals surface area contributed by atoms with Crippen molar-refractivity contribution in [3.8, 4) is 0 Å². The fourth-order valence-corrected chi connectivity index (χ4v) is 1.44. The van der Waals surface area contributed by atoms with Gasteiger partial charge in [-0.05, 0) is 19.9 Å². The molecule has 0 aromatic carbocycles. The summed E-state index contributed by atoms with van der Waals surface area (Å²) in [6.07, 6.45) is 0.213. The van der Waals surface area contributed by atoms with Gasteiger partial charge in [0.05, 0.1) is 6.42 Å². The van der Waals surface area contributed by atoms with Gasteiger partial charge in [-0.1, -0.05) is 26.3 Å². The topological polar surface area (TPSA) is 61.8 Å². The van der Waals surface area contributed by atoms with Crippen LogP contribution in [0.2, 0.25) is 0 Å². The third-order valence-corrected chi connectivity index (χ3v) is 2.57. The molecule has 19 heavy (non-hydrogen) atoms. The molecule has 0 aromatic rings. The van der Waals surface area contributed by atoms with Crippen LogP contribution in [0.25, 0.3) is 0 Å². The van der Waals surface area contributed by atoms with Crippen LogP contribution < -0.4 is 0 Å². The summed E-state index contributed by atoms with van der Waals surface area (Å²) >= 11 is 0. The molecule has 1 rings (SSSR count). The van der Waals surface area contributed by atoms with Crippen LogP contribution in [0.1, 0.15) is 41.0 Å². The Labute approximate surface area is 113 Å². The summed E-state index contributed by atoms with van der Waals surface area (Å²) in [5.74, 6) is -0.965. The molecule has 2 atom stereocenters. The smallest absolute Gasteiger partial charge is 0.338 e. The molecular formula is C14H22O5. The van der Waals surface area contributed by atoms with Crippen molar-refractivity contribution < 1.29 is 23.8 Å². The third kappa shape index (κ3) is 5.03. The first-order chi connectivity index (χ1) is 8.70. The number of hydrogen-bond donors (Lipinski definition) is 0. The lowest BCUT2D eigenvalue weighted by Crippen LogP contribution is -2.28. The Bertz CT molecular complexity index is 374. The highest BCUT2D eigenvalue weighted by Crippen LogP contribution is 2.30. The lowest BCUT2D eigenvalue weighted by molar-refractivity contribution is -0.154. The summed E-state index contributed by atoms with van der Waals surface area (Å²) in [4.78, 5) is 23.1. The molecule has 0 bridgehead atoms. The lowest BCUT2D eigenvalue weighted by Gasteiger charge is -2.23. The van der Waals surface area contributed by atoms with Gasteiger partial charge in [0, 0.05) is 5.41 Å². The first kappa shape index (κ1) is 15.7. The molecule has 1 aliphatic rings. The summed E-state index contributed by atoms with van der Waals surface area (Å²) in [6.45, 7) is 9.76. The number of ether oxygens (including phenoxy) is 3. The second-order valence-electron chi connectivity index (χ2n) is 5.93. The Morgan fingerprint density at radius 1 is 1.37 bits per heavy atom. The fourth-order valence-electron chi connectivity index (χ4n) is 1.44. The van der Waals surface area contributed by atoms with E-state index in [-0.39, 0.29) is 18.4 Å². The van der Waals surface area contributed by atoms with Gasteiger partial charge in [0.2, 0.25) is 6.29 Å². The summed E-state index contributed by atoms with van der Waals surface area (Å²) in [5.41, 5.74) is 0.758. The Balaban J connectivity index is 2.43. The van der Waals surface area contributed by atoms with Crippen LogP contribution in [0.4, 0.5) is 0 Å². The van der Waals surface area contributed by atoms with Crippen LogP contribution in [0.15, 0.2) is 11.6 Å². The van der Waals surface area contributed by atoms with Gasteiger partial charge >= 0.3 is 11.9 Å². The molecular weight excluding hydrogens is 248 g/mol. The van der Waals surface area contributed by atoms with E-state index in [0.717, 1.165) is 5.57 Å². The lowest BCUT2D eigenvalue weighted by atomic mass is 9.96. The van der Waals surface area contributed by atoms with Gasteiger partial charge in [-0.2, -0.15) is 0 Å². The van der Waals surface area contributed by atoms with Crippen LogP contribution in [-0.2, 0) is 23.8 Å². The van der Waals surface area contributed by atoms with Gasteiger partial charge in [0.1, 0.15) is 6.61 Å². The average Bonchev–Trinajstić information content (AvgIpc) is 2.59. The first-order valence-electron chi connectivity index (χ1n) is 6.35. The predicted molar refractivity (Wildman–Crippen MR) is 69.2 cm³/mol. The van der Waals surface area contributed by atoms with E-state index in [0.29, 0.717) is 0 Å². The van der Waals surface area contributed by atoms with E-state index in [9.17, 15) is 9.59 Å². The average molecular weight is 270 g/mol. The van der Waals surface area contributed by atoms with Crippen LogP contribution in [0.3, 0.4) is 0 Å². The standard InChI is InChI=1S/C14H22O5/c1-9(2)6-7-17-11(15)8-10-12(16)19-13(18-10)14(3,4)5/h6,10,13H,7-8H2,1-5H3/t10-,13-/m1/s1.